The zero-order valence-electron chi connectivity index (χ0n) is 14.7. The largest absolute Gasteiger partial charge is 0.320 e. The van der Waals surface area contributed by atoms with Crippen LogP contribution >= 0.6 is 11.6 Å². The topological polar surface area (TPSA) is 118 Å². The fraction of sp³-hybridized carbons (Fsp3) is 0. The molecule has 0 unspecified atom stereocenters. The van der Waals surface area contributed by atoms with E-state index in [0.717, 1.165) is 6.07 Å². The van der Waals surface area contributed by atoms with Gasteiger partial charge in [0.25, 0.3) is 21.6 Å². The standard InChI is InChI=1S/C19H14ClN3O5S/c20-17-11-10-15(23(25)26)12-18(17)21-19(24)13-6-8-14(9-7-13)22-29(27,28)16-4-2-1-3-5-16/h1-12,22H,(H,21,24). The van der Waals surface area contributed by atoms with Crippen LogP contribution in [-0.4, -0.2) is 19.2 Å². The molecule has 0 bridgehead atoms. The Kier molecular flexibility index (Phi) is 5.81. The predicted octanol–water partition coefficient (Wildman–Crippen LogP) is 4.30. The molecular weight excluding hydrogens is 418 g/mol. The van der Waals surface area contributed by atoms with Crippen LogP contribution in [0.1, 0.15) is 10.4 Å². The number of halogens is 1. The first-order valence-electron chi connectivity index (χ1n) is 8.19. The molecule has 10 heteroatoms. The summed E-state index contributed by atoms with van der Waals surface area (Å²) in [7, 11) is -3.75. The van der Waals surface area contributed by atoms with Gasteiger partial charge in [0.15, 0.2) is 0 Å². The Hall–Kier alpha value is -3.43. The van der Waals surface area contributed by atoms with Crippen LogP contribution in [0.3, 0.4) is 0 Å². The minimum atomic E-state index is -3.75. The summed E-state index contributed by atoms with van der Waals surface area (Å²) in [6.45, 7) is 0. The van der Waals surface area contributed by atoms with Crippen LogP contribution in [0.25, 0.3) is 0 Å². The maximum absolute atomic E-state index is 12.4. The predicted molar refractivity (Wildman–Crippen MR) is 110 cm³/mol. The van der Waals surface area contributed by atoms with Crippen LogP contribution in [0, 0.1) is 10.1 Å². The van der Waals surface area contributed by atoms with Gasteiger partial charge in [-0.15, -0.1) is 0 Å². The van der Waals surface area contributed by atoms with E-state index in [1.54, 1.807) is 18.2 Å². The fourth-order valence-corrected chi connectivity index (χ4v) is 3.66. The Morgan fingerprint density at radius 1 is 0.966 bits per heavy atom. The molecule has 0 spiro atoms. The average Bonchev–Trinajstić information content (AvgIpc) is 2.70. The van der Waals surface area contributed by atoms with E-state index in [0.29, 0.717) is 0 Å². The van der Waals surface area contributed by atoms with Crippen molar-refractivity contribution >= 4 is 44.6 Å². The zero-order valence-corrected chi connectivity index (χ0v) is 16.3. The Balaban J connectivity index is 1.74. The molecule has 0 fully saturated rings. The van der Waals surface area contributed by atoms with E-state index in [1.807, 2.05) is 0 Å². The third-order valence-corrected chi connectivity index (χ3v) is 5.59. The number of benzene rings is 3. The second kappa shape index (κ2) is 8.29. The quantitative estimate of drug-likeness (QED) is 0.445. The van der Waals surface area contributed by atoms with Crippen molar-refractivity contribution < 1.29 is 18.1 Å². The molecule has 1 amide bonds. The van der Waals surface area contributed by atoms with Gasteiger partial charge in [-0.3, -0.25) is 19.6 Å². The molecule has 148 valence electrons. The molecule has 0 saturated carbocycles. The summed E-state index contributed by atoms with van der Waals surface area (Å²) in [5, 5.41) is 13.5. The number of nitrogens with one attached hydrogen (secondary N) is 2. The van der Waals surface area contributed by atoms with Gasteiger partial charge in [-0.05, 0) is 42.5 Å². The molecule has 0 atom stereocenters. The lowest BCUT2D eigenvalue weighted by atomic mass is 10.2. The summed E-state index contributed by atoms with van der Waals surface area (Å²) in [5.41, 5.74) is 0.379. The summed E-state index contributed by atoms with van der Waals surface area (Å²) >= 11 is 5.97. The van der Waals surface area contributed by atoms with Gasteiger partial charge in [-0.1, -0.05) is 29.8 Å². The number of sulfonamides is 1. The van der Waals surface area contributed by atoms with E-state index >= 15 is 0 Å². The first-order chi connectivity index (χ1) is 13.8. The summed E-state index contributed by atoms with van der Waals surface area (Å²) in [6.07, 6.45) is 0. The van der Waals surface area contributed by atoms with Crippen molar-refractivity contribution in [1.82, 2.24) is 0 Å². The molecule has 8 nitrogen and oxygen atoms in total. The van der Waals surface area contributed by atoms with Gasteiger partial charge in [0, 0.05) is 23.4 Å². The smallest absolute Gasteiger partial charge is 0.271 e. The summed E-state index contributed by atoms with van der Waals surface area (Å²) in [4.78, 5) is 22.8. The maximum atomic E-state index is 12.4. The zero-order chi connectivity index (χ0) is 21.0. The number of non-ortho nitro benzene ring substituents is 1. The molecule has 0 heterocycles. The number of nitro benzene ring substituents is 1. The Morgan fingerprint density at radius 3 is 2.24 bits per heavy atom. The summed E-state index contributed by atoms with van der Waals surface area (Å²) < 4.78 is 27.1. The molecule has 0 aliphatic heterocycles. The molecule has 0 aliphatic carbocycles. The maximum Gasteiger partial charge on any atom is 0.271 e. The summed E-state index contributed by atoms with van der Waals surface area (Å²) in [6, 6.07) is 17.3. The fourth-order valence-electron chi connectivity index (χ4n) is 2.42. The molecular formula is C19H14ClN3O5S. The van der Waals surface area contributed by atoms with Crippen molar-refractivity contribution in [2.75, 3.05) is 10.0 Å². The number of nitro groups is 1. The minimum Gasteiger partial charge on any atom is -0.320 e. The molecule has 3 aromatic rings. The van der Waals surface area contributed by atoms with Gasteiger partial charge in [-0.25, -0.2) is 8.42 Å². The van der Waals surface area contributed by atoms with Crippen LogP contribution in [0.4, 0.5) is 17.1 Å². The number of hydrogen-bond donors (Lipinski definition) is 2. The van der Waals surface area contributed by atoms with E-state index < -0.39 is 20.9 Å². The van der Waals surface area contributed by atoms with Crippen molar-refractivity contribution in [3.8, 4) is 0 Å². The first-order valence-corrected chi connectivity index (χ1v) is 10.1. The van der Waals surface area contributed by atoms with Crippen LogP contribution < -0.4 is 10.0 Å². The molecule has 2 N–H and O–H groups in total. The molecule has 3 rings (SSSR count). The number of carbonyl (C=O) groups is 1. The third-order valence-electron chi connectivity index (χ3n) is 3.86. The number of nitrogens with zero attached hydrogens (tertiary/aromatic N) is 1. The molecule has 0 aliphatic rings. The molecule has 0 saturated heterocycles. The second-order valence-corrected chi connectivity index (χ2v) is 7.96. The number of hydrogen-bond acceptors (Lipinski definition) is 5. The highest BCUT2D eigenvalue weighted by atomic mass is 35.5. The average molecular weight is 432 g/mol. The highest BCUT2D eigenvalue weighted by molar-refractivity contribution is 7.92. The Morgan fingerprint density at radius 2 is 1.62 bits per heavy atom. The van der Waals surface area contributed by atoms with Gasteiger partial charge < -0.3 is 5.32 Å². The van der Waals surface area contributed by atoms with Gasteiger partial charge in [0.1, 0.15) is 0 Å². The van der Waals surface area contributed by atoms with E-state index in [1.165, 1.54) is 48.5 Å². The molecule has 3 aromatic carbocycles. The minimum absolute atomic E-state index is 0.0970. The normalized spacial score (nSPS) is 10.9. The number of rotatable bonds is 6. The van der Waals surface area contributed by atoms with Gasteiger partial charge in [0.05, 0.1) is 20.5 Å². The monoisotopic (exact) mass is 431 g/mol. The van der Waals surface area contributed by atoms with Crippen LogP contribution in [0.5, 0.6) is 0 Å². The van der Waals surface area contributed by atoms with E-state index in [-0.39, 0.29) is 32.5 Å². The van der Waals surface area contributed by atoms with Crippen molar-refractivity contribution in [2.24, 2.45) is 0 Å². The highest BCUT2D eigenvalue weighted by Gasteiger charge is 2.15. The molecule has 0 aromatic heterocycles. The van der Waals surface area contributed by atoms with Crippen LogP contribution in [0.2, 0.25) is 5.02 Å². The van der Waals surface area contributed by atoms with E-state index in [2.05, 4.69) is 10.0 Å². The lowest BCUT2D eigenvalue weighted by molar-refractivity contribution is -0.384. The van der Waals surface area contributed by atoms with Gasteiger partial charge in [-0.2, -0.15) is 0 Å². The van der Waals surface area contributed by atoms with Gasteiger partial charge in [0.2, 0.25) is 0 Å². The summed E-state index contributed by atoms with van der Waals surface area (Å²) in [5.74, 6) is -0.551. The van der Waals surface area contributed by atoms with E-state index in [4.69, 9.17) is 11.6 Å². The third kappa shape index (κ3) is 4.89. The molecule has 0 radical (unpaired) electrons. The van der Waals surface area contributed by atoms with Crippen LogP contribution in [0.15, 0.2) is 77.7 Å². The van der Waals surface area contributed by atoms with Gasteiger partial charge >= 0.3 is 0 Å². The highest BCUT2D eigenvalue weighted by Crippen LogP contribution is 2.27. The van der Waals surface area contributed by atoms with Crippen LogP contribution in [-0.2, 0) is 10.0 Å². The van der Waals surface area contributed by atoms with Crippen molar-refractivity contribution in [1.29, 1.82) is 0 Å². The SMILES string of the molecule is O=C(Nc1cc([N+](=O)[O-])ccc1Cl)c1ccc(NS(=O)(=O)c2ccccc2)cc1. The van der Waals surface area contributed by atoms with Crippen molar-refractivity contribution in [2.45, 2.75) is 4.90 Å². The lowest BCUT2D eigenvalue weighted by Gasteiger charge is -2.10. The number of carbonyl (C=O) groups excluding carboxylic acids is 1. The lowest BCUT2D eigenvalue weighted by Crippen LogP contribution is -2.14. The number of amides is 1. The first kappa shape index (κ1) is 20.3. The van der Waals surface area contributed by atoms with E-state index in [9.17, 15) is 23.3 Å². The number of anilines is 2. The molecule has 29 heavy (non-hydrogen) atoms. The Labute approximate surface area is 171 Å². The second-order valence-electron chi connectivity index (χ2n) is 5.87. The Bertz CT molecular complexity index is 1170. The van der Waals surface area contributed by atoms with Crippen molar-refractivity contribution in [3.63, 3.8) is 0 Å². The van der Waals surface area contributed by atoms with Crippen molar-refractivity contribution in [3.05, 3.63) is 93.5 Å².